The van der Waals surface area contributed by atoms with E-state index in [1.807, 2.05) is 10.6 Å². The van der Waals surface area contributed by atoms with Crippen molar-refractivity contribution in [2.45, 2.75) is 39.5 Å². The first kappa shape index (κ1) is 21.7. The molecule has 30 heavy (non-hydrogen) atoms. The number of hydrogen-bond donors (Lipinski definition) is 0. The second kappa shape index (κ2) is 8.81. The van der Waals surface area contributed by atoms with Crippen LogP contribution in [0.3, 0.4) is 0 Å². The molecule has 0 fully saturated rings. The van der Waals surface area contributed by atoms with E-state index >= 15 is 0 Å². The summed E-state index contributed by atoms with van der Waals surface area (Å²) in [5, 5.41) is 4.14. The molecule has 3 rings (SSSR count). The lowest BCUT2D eigenvalue weighted by Gasteiger charge is -2.23. The van der Waals surface area contributed by atoms with E-state index in [1.54, 1.807) is 6.92 Å². The number of alkyl halides is 3. The highest BCUT2D eigenvalue weighted by molar-refractivity contribution is 6.03. The van der Waals surface area contributed by atoms with Crippen LogP contribution in [0.2, 0.25) is 0 Å². The van der Waals surface area contributed by atoms with E-state index in [2.05, 4.69) is 16.8 Å². The van der Waals surface area contributed by atoms with Crippen molar-refractivity contribution in [3.8, 4) is 11.4 Å². The lowest BCUT2D eigenvalue weighted by atomic mass is 9.87. The number of fused-ring (bicyclic) bond motifs is 1. The molecule has 0 aliphatic heterocycles. The summed E-state index contributed by atoms with van der Waals surface area (Å²) in [6.45, 7) is 4.07. The molecule has 2 aromatic rings. The first-order valence-electron chi connectivity index (χ1n) is 9.57. The second-order valence-corrected chi connectivity index (χ2v) is 7.09. The molecule has 0 amide bonds. The van der Waals surface area contributed by atoms with Crippen LogP contribution in [-0.4, -0.2) is 36.3 Å². The lowest BCUT2D eigenvalue weighted by Crippen LogP contribution is -2.21. The normalized spacial score (nSPS) is 17.5. The van der Waals surface area contributed by atoms with Crippen LogP contribution in [0.5, 0.6) is 5.75 Å². The topological polar surface area (TPSA) is 62.0 Å². The molecule has 0 saturated carbocycles. The number of carbonyl (C=O) groups excluding carboxylic acids is 1. The molecular weight excluding hydrogens is 401 g/mol. The predicted octanol–water partition coefficient (Wildman–Crippen LogP) is 4.41. The average Bonchev–Trinajstić information content (AvgIpc) is 2.99. The third-order valence-corrected chi connectivity index (χ3v) is 4.73. The highest BCUT2D eigenvalue weighted by Gasteiger charge is 2.31. The summed E-state index contributed by atoms with van der Waals surface area (Å²) < 4.78 is 48.4. The number of ether oxygens (including phenoxy) is 2. The van der Waals surface area contributed by atoms with Crippen LogP contribution in [0.1, 0.15) is 37.2 Å². The van der Waals surface area contributed by atoms with Crippen LogP contribution in [0.25, 0.3) is 5.69 Å². The van der Waals surface area contributed by atoms with Gasteiger partial charge in [0.15, 0.2) is 0 Å². The SMILES string of the molecule is CCOC(=O)Cc1cc2c(n1-c1ccc(OC(F)(F)F)cc1)C[C@@H](C)C/C2=N/OC. The molecule has 1 aromatic carbocycles. The number of carbonyl (C=O) groups is 1. The Kier molecular flexibility index (Phi) is 6.38. The smallest absolute Gasteiger partial charge is 0.466 e. The number of esters is 1. The van der Waals surface area contributed by atoms with E-state index in [9.17, 15) is 18.0 Å². The minimum absolute atomic E-state index is 0.0241. The van der Waals surface area contributed by atoms with Gasteiger partial charge in [-0.25, -0.2) is 0 Å². The van der Waals surface area contributed by atoms with Crippen molar-refractivity contribution in [3.63, 3.8) is 0 Å². The monoisotopic (exact) mass is 424 g/mol. The van der Waals surface area contributed by atoms with Crippen LogP contribution in [-0.2, 0) is 27.2 Å². The van der Waals surface area contributed by atoms with E-state index in [-0.39, 0.29) is 30.7 Å². The van der Waals surface area contributed by atoms with Crippen LogP contribution in [0.4, 0.5) is 13.2 Å². The third-order valence-electron chi connectivity index (χ3n) is 4.73. The van der Waals surface area contributed by atoms with E-state index in [0.717, 1.165) is 29.8 Å². The Balaban J connectivity index is 2.07. The summed E-state index contributed by atoms with van der Waals surface area (Å²) >= 11 is 0. The predicted molar refractivity (Wildman–Crippen MR) is 104 cm³/mol. The van der Waals surface area contributed by atoms with E-state index in [4.69, 9.17) is 9.57 Å². The van der Waals surface area contributed by atoms with Gasteiger partial charge in [0.05, 0.1) is 18.7 Å². The van der Waals surface area contributed by atoms with Gasteiger partial charge in [-0.15, -0.1) is 13.2 Å². The Morgan fingerprint density at radius 1 is 1.23 bits per heavy atom. The van der Waals surface area contributed by atoms with Crippen LogP contribution >= 0.6 is 0 Å². The van der Waals surface area contributed by atoms with Crippen LogP contribution in [0.15, 0.2) is 35.5 Å². The van der Waals surface area contributed by atoms with Gasteiger partial charge in [0.25, 0.3) is 0 Å². The van der Waals surface area contributed by atoms with Gasteiger partial charge in [-0.1, -0.05) is 12.1 Å². The standard InChI is InChI=1S/C21H23F3N2O4/c1-4-29-20(27)12-15-11-17-18(25-28-3)9-13(2)10-19(17)26(15)14-5-7-16(8-6-14)30-21(22,23)24/h5-8,11,13H,4,9-10,12H2,1-3H3/b25-18-/t13-/m0/s1. The molecule has 1 aliphatic rings. The lowest BCUT2D eigenvalue weighted by molar-refractivity contribution is -0.274. The van der Waals surface area contributed by atoms with Crippen molar-refractivity contribution >= 4 is 11.7 Å². The van der Waals surface area contributed by atoms with Gasteiger partial charge in [-0.05, 0) is 56.0 Å². The van der Waals surface area contributed by atoms with Crippen molar-refractivity contribution in [2.75, 3.05) is 13.7 Å². The fraction of sp³-hybridized carbons (Fsp3) is 0.429. The Bertz CT molecular complexity index is 933. The zero-order valence-corrected chi connectivity index (χ0v) is 17.0. The molecule has 1 aliphatic carbocycles. The Labute approximate surface area is 172 Å². The highest BCUT2D eigenvalue weighted by Crippen LogP contribution is 2.33. The molecule has 1 aromatic heterocycles. The first-order valence-corrected chi connectivity index (χ1v) is 9.57. The maximum atomic E-state index is 12.5. The molecule has 1 atom stereocenters. The van der Waals surface area contributed by atoms with Gasteiger partial charge in [0, 0.05) is 22.6 Å². The van der Waals surface area contributed by atoms with E-state index in [1.165, 1.54) is 31.4 Å². The van der Waals surface area contributed by atoms with Gasteiger partial charge in [0.2, 0.25) is 0 Å². The van der Waals surface area contributed by atoms with Crippen molar-refractivity contribution in [2.24, 2.45) is 11.1 Å². The number of oxime groups is 1. The summed E-state index contributed by atoms with van der Waals surface area (Å²) in [6, 6.07) is 7.43. The Hall–Kier alpha value is -2.97. The van der Waals surface area contributed by atoms with E-state index in [0.29, 0.717) is 11.4 Å². The van der Waals surface area contributed by atoms with Crippen molar-refractivity contribution in [1.82, 2.24) is 4.57 Å². The minimum Gasteiger partial charge on any atom is -0.466 e. The van der Waals surface area contributed by atoms with Crippen molar-refractivity contribution in [3.05, 3.63) is 47.3 Å². The zero-order chi connectivity index (χ0) is 21.9. The summed E-state index contributed by atoms with van der Waals surface area (Å²) in [5.74, 6) is -0.415. The minimum atomic E-state index is -4.76. The summed E-state index contributed by atoms with van der Waals surface area (Å²) in [5.41, 5.74) is 3.85. The molecule has 0 bridgehead atoms. The third kappa shape index (κ3) is 4.95. The zero-order valence-electron chi connectivity index (χ0n) is 17.0. The van der Waals surface area contributed by atoms with Gasteiger partial charge >= 0.3 is 12.3 Å². The van der Waals surface area contributed by atoms with Crippen LogP contribution < -0.4 is 4.74 Å². The quantitative estimate of drug-likeness (QED) is 0.509. The summed E-state index contributed by atoms with van der Waals surface area (Å²) in [4.78, 5) is 17.1. The van der Waals surface area contributed by atoms with Gasteiger partial charge in [-0.2, -0.15) is 0 Å². The fourth-order valence-corrected chi connectivity index (χ4v) is 3.71. The van der Waals surface area contributed by atoms with Crippen molar-refractivity contribution < 1.29 is 32.3 Å². The molecule has 1 heterocycles. The first-order chi connectivity index (χ1) is 14.2. The second-order valence-electron chi connectivity index (χ2n) is 7.09. The maximum absolute atomic E-state index is 12.5. The number of nitrogens with zero attached hydrogens (tertiary/aromatic N) is 2. The molecule has 162 valence electrons. The Morgan fingerprint density at radius 2 is 1.93 bits per heavy atom. The number of benzene rings is 1. The Morgan fingerprint density at radius 3 is 2.53 bits per heavy atom. The number of halogens is 3. The number of aromatic nitrogens is 1. The average molecular weight is 424 g/mol. The molecule has 0 radical (unpaired) electrons. The van der Waals surface area contributed by atoms with Crippen LogP contribution in [0, 0.1) is 5.92 Å². The largest absolute Gasteiger partial charge is 0.573 e. The summed E-state index contributed by atoms with van der Waals surface area (Å²) in [7, 11) is 1.47. The number of hydrogen-bond acceptors (Lipinski definition) is 5. The van der Waals surface area contributed by atoms with Gasteiger partial charge in [0.1, 0.15) is 12.9 Å². The molecule has 0 spiro atoms. The van der Waals surface area contributed by atoms with Gasteiger partial charge in [-0.3, -0.25) is 4.79 Å². The van der Waals surface area contributed by atoms with Gasteiger partial charge < -0.3 is 18.9 Å². The van der Waals surface area contributed by atoms with Crippen molar-refractivity contribution in [1.29, 1.82) is 0 Å². The molecule has 9 heteroatoms. The highest BCUT2D eigenvalue weighted by atomic mass is 19.4. The van der Waals surface area contributed by atoms with E-state index < -0.39 is 6.36 Å². The maximum Gasteiger partial charge on any atom is 0.573 e. The fourth-order valence-electron chi connectivity index (χ4n) is 3.71. The molecule has 0 saturated heterocycles. The molecule has 0 unspecified atom stereocenters. The molecule has 6 nitrogen and oxygen atoms in total. The molecule has 0 N–H and O–H groups in total. The molecular formula is C21H23F3N2O4. The summed E-state index contributed by atoms with van der Waals surface area (Å²) in [6.07, 6.45) is -3.29. The number of rotatable bonds is 6.